The van der Waals surface area contributed by atoms with Crippen molar-refractivity contribution in [2.24, 2.45) is 0 Å². The van der Waals surface area contributed by atoms with Crippen LogP contribution in [0.1, 0.15) is 48.8 Å². The third-order valence-electron chi connectivity index (χ3n) is 5.58. The summed E-state index contributed by atoms with van der Waals surface area (Å²) in [5.74, 6) is 0.0515. The van der Waals surface area contributed by atoms with Gasteiger partial charge >= 0.3 is 10.1 Å². The van der Waals surface area contributed by atoms with Crippen LogP contribution >= 0.6 is 11.3 Å². The largest absolute Gasteiger partial charge is 0.382 e. The number of ether oxygens (including phenoxy) is 1. The Kier molecular flexibility index (Phi) is 8.56. The molecule has 1 aliphatic rings. The highest BCUT2D eigenvalue weighted by Crippen LogP contribution is 2.30. The van der Waals surface area contributed by atoms with Crippen molar-refractivity contribution in [2.75, 3.05) is 36.9 Å². The molecule has 1 saturated heterocycles. The Hall–Kier alpha value is -2.10. The lowest BCUT2D eigenvalue weighted by atomic mass is 10.1. The normalized spacial score (nSPS) is 16.2. The van der Waals surface area contributed by atoms with Gasteiger partial charge < -0.3 is 18.7 Å². The van der Waals surface area contributed by atoms with E-state index in [1.807, 2.05) is 37.4 Å². The van der Waals surface area contributed by atoms with Gasteiger partial charge in [-0.3, -0.25) is 4.79 Å². The predicted octanol–water partition coefficient (Wildman–Crippen LogP) is 4.14. The molecule has 0 saturated carbocycles. The molecule has 2 heterocycles. The third-order valence-corrected chi connectivity index (χ3v) is 7.58. The monoisotopic (exact) mass is 480 g/mol. The number of hydrogen-bond acceptors (Lipinski definition) is 7. The zero-order valence-electron chi connectivity index (χ0n) is 19.0. The van der Waals surface area contributed by atoms with Crippen molar-refractivity contribution in [3.05, 3.63) is 46.2 Å². The second kappa shape index (κ2) is 11.2. The summed E-state index contributed by atoms with van der Waals surface area (Å²) >= 11 is 1.39. The average Bonchev–Trinajstić information content (AvgIpc) is 3.49. The van der Waals surface area contributed by atoms with Gasteiger partial charge in [0.15, 0.2) is 0 Å². The number of hydrogen-bond donors (Lipinski definition) is 0. The average molecular weight is 481 g/mol. The maximum absolute atomic E-state index is 13.2. The molecule has 1 aromatic carbocycles. The Morgan fingerprint density at radius 3 is 2.59 bits per heavy atom. The van der Waals surface area contributed by atoms with Gasteiger partial charge in [0.05, 0.1) is 16.7 Å². The number of carbonyl (C=O) groups is 1. The van der Waals surface area contributed by atoms with Crippen LogP contribution in [0.5, 0.6) is 5.75 Å². The van der Waals surface area contributed by atoms with Crippen LogP contribution in [0.15, 0.2) is 35.7 Å². The van der Waals surface area contributed by atoms with Crippen LogP contribution in [0.2, 0.25) is 0 Å². The van der Waals surface area contributed by atoms with Gasteiger partial charge in [-0.15, -0.1) is 11.3 Å². The molecule has 0 N–H and O–H groups in total. The zero-order chi connectivity index (χ0) is 23.1. The summed E-state index contributed by atoms with van der Waals surface area (Å²) in [6.45, 7) is 8.61. The van der Waals surface area contributed by atoms with E-state index in [-0.39, 0.29) is 30.1 Å². The van der Waals surface area contributed by atoms with Crippen LogP contribution in [0.3, 0.4) is 0 Å². The van der Waals surface area contributed by atoms with Gasteiger partial charge in [-0.25, -0.2) is 0 Å². The van der Waals surface area contributed by atoms with Crippen LogP contribution in [0.25, 0.3) is 0 Å². The van der Waals surface area contributed by atoms with E-state index >= 15 is 0 Å². The standard InChI is InChI=1S/C23H32N2O5S2/c1-4-24(5-2)19-12-11-18(21(15-19)30-32(27,28)6-3)16-25(17-20-9-7-13-29-20)23(26)22-10-8-14-31-22/h8,10-12,14-15,20H,4-7,9,13,16-17H2,1-3H3. The van der Waals surface area contributed by atoms with E-state index in [2.05, 4.69) is 4.90 Å². The fourth-order valence-electron chi connectivity index (χ4n) is 3.75. The van der Waals surface area contributed by atoms with E-state index in [9.17, 15) is 13.2 Å². The molecule has 1 aromatic heterocycles. The van der Waals surface area contributed by atoms with Gasteiger partial charge in [0.2, 0.25) is 0 Å². The molecule has 0 spiro atoms. The molecule has 7 nitrogen and oxygen atoms in total. The van der Waals surface area contributed by atoms with Crippen LogP contribution in [0, 0.1) is 0 Å². The SMILES string of the molecule is CCN(CC)c1ccc(CN(CC2CCCO2)C(=O)c2cccs2)c(OS(=O)(=O)CC)c1. The topological polar surface area (TPSA) is 76.2 Å². The predicted molar refractivity (Wildman–Crippen MR) is 128 cm³/mol. The number of thiophene rings is 1. The zero-order valence-corrected chi connectivity index (χ0v) is 20.6. The Labute approximate surface area is 195 Å². The van der Waals surface area contributed by atoms with Gasteiger partial charge in [-0.2, -0.15) is 8.42 Å². The van der Waals surface area contributed by atoms with Crippen LogP contribution in [-0.2, 0) is 21.4 Å². The highest BCUT2D eigenvalue weighted by Gasteiger charge is 2.26. The molecule has 32 heavy (non-hydrogen) atoms. The van der Waals surface area contributed by atoms with Crippen LogP contribution < -0.4 is 9.08 Å². The van der Waals surface area contributed by atoms with Gasteiger partial charge in [-0.1, -0.05) is 12.1 Å². The number of benzene rings is 1. The number of anilines is 1. The van der Waals surface area contributed by atoms with Crippen molar-refractivity contribution < 1.29 is 22.1 Å². The number of rotatable bonds is 11. The Morgan fingerprint density at radius 1 is 1.22 bits per heavy atom. The molecule has 0 bridgehead atoms. The summed E-state index contributed by atoms with van der Waals surface area (Å²) in [7, 11) is -3.72. The number of carbonyl (C=O) groups excluding carboxylic acids is 1. The molecule has 9 heteroatoms. The molecule has 1 unspecified atom stereocenters. The first kappa shape index (κ1) is 24.5. The van der Waals surface area contributed by atoms with Crippen molar-refractivity contribution in [1.29, 1.82) is 0 Å². The molecule has 0 radical (unpaired) electrons. The summed E-state index contributed by atoms with van der Waals surface area (Å²) in [5, 5.41) is 1.87. The molecule has 1 amide bonds. The lowest BCUT2D eigenvalue weighted by Crippen LogP contribution is -2.36. The van der Waals surface area contributed by atoms with Gasteiger partial charge in [0, 0.05) is 50.1 Å². The lowest BCUT2D eigenvalue weighted by Gasteiger charge is -2.27. The summed E-state index contributed by atoms with van der Waals surface area (Å²) < 4.78 is 35.8. The molecular weight excluding hydrogens is 448 g/mol. The first-order chi connectivity index (χ1) is 15.4. The van der Waals surface area contributed by atoms with Crippen molar-refractivity contribution in [3.8, 4) is 5.75 Å². The molecule has 1 atom stereocenters. The molecule has 0 aliphatic carbocycles. The molecule has 1 fully saturated rings. The van der Waals surface area contributed by atoms with Gasteiger partial charge in [-0.05, 0) is 51.1 Å². The number of nitrogens with zero attached hydrogens (tertiary/aromatic N) is 2. The molecule has 3 rings (SSSR count). The van der Waals surface area contributed by atoms with Crippen molar-refractivity contribution >= 4 is 33.0 Å². The number of amides is 1. The minimum absolute atomic E-state index is 0.0161. The fraction of sp³-hybridized carbons (Fsp3) is 0.522. The quantitative estimate of drug-likeness (QED) is 0.450. The first-order valence-corrected chi connectivity index (χ1v) is 13.6. The van der Waals surface area contributed by atoms with Crippen LogP contribution in [0.4, 0.5) is 5.69 Å². The minimum atomic E-state index is -3.72. The molecular formula is C23H32N2O5S2. The molecule has 2 aromatic rings. The van der Waals surface area contributed by atoms with Crippen molar-refractivity contribution in [3.63, 3.8) is 0 Å². The molecule has 1 aliphatic heterocycles. The van der Waals surface area contributed by atoms with E-state index in [4.69, 9.17) is 8.92 Å². The van der Waals surface area contributed by atoms with Crippen LogP contribution in [-0.4, -0.2) is 57.3 Å². The Balaban J connectivity index is 1.94. The summed E-state index contributed by atoms with van der Waals surface area (Å²) in [6.07, 6.45) is 1.87. The summed E-state index contributed by atoms with van der Waals surface area (Å²) in [6, 6.07) is 9.22. The fourth-order valence-corrected chi connectivity index (χ4v) is 4.99. The second-order valence-electron chi connectivity index (χ2n) is 7.69. The van der Waals surface area contributed by atoms with Gasteiger partial charge in [0.1, 0.15) is 5.75 Å². The maximum Gasteiger partial charge on any atom is 0.308 e. The van der Waals surface area contributed by atoms with E-state index in [0.29, 0.717) is 23.6 Å². The highest BCUT2D eigenvalue weighted by atomic mass is 32.2. The first-order valence-electron chi connectivity index (χ1n) is 11.1. The third kappa shape index (κ3) is 6.24. The van der Waals surface area contributed by atoms with E-state index < -0.39 is 10.1 Å². The van der Waals surface area contributed by atoms with E-state index in [1.165, 1.54) is 11.3 Å². The Morgan fingerprint density at radius 2 is 2.00 bits per heavy atom. The molecule has 176 valence electrons. The Bertz CT molecular complexity index is 982. The summed E-state index contributed by atoms with van der Waals surface area (Å²) in [5.41, 5.74) is 1.54. The van der Waals surface area contributed by atoms with Gasteiger partial charge in [0.25, 0.3) is 5.91 Å². The summed E-state index contributed by atoms with van der Waals surface area (Å²) in [4.78, 5) is 17.7. The van der Waals surface area contributed by atoms with E-state index in [1.54, 1.807) is 24.0 Å². The van der Waals surface area contributed by atoms with Crippen molar-refractivity contribution in [2.45, 2.75) is 46.3 Å². The minimum Gasteiger partial charge on any atom is -0.382 e. The lowest BCUT2D eigenvalue weighted by molar-refractivity contribution is 0.0510. The highest BCUT2D eigenvalue weighted by molar-refractivity contribution is 7.87. The maximum atomic E-state index is 13.2. The van der Waals surface area contributed by atoms with Crippen molar-refractivity contribution in [1.82, 2.24) is 4.90 Å². The second-order valence-corrected chi connectivity index (χ2v) is 10.5. The van der Waals surface area contributed by atoms with E-state index in [0.717, 1.165) is 31.6 Å². The smallest absolute Gasteiger partial charge is 0.308 e.